The van der Waals surface area contributed by atoms with Gasteiger partial charge in [0.25, 0.3) is 0 Å². The smallest absolute Gasteiger partial charge is 0.221 e. The fourth-order valence-electron chi connectivity index (χ4n) is 1.82. The molecule has 1 aromatic carbocycles. The summed E-state index contributed by atoms with van der Waals surface area (Å²) in [5.41, 5.74) is 0. The summed E-state index contributed by atoms with van der Waals surface area (Å²) < 4.78 is 0. The number of rotatable bonds is 10. The Morgan fingerprint density at radius 1 is 1.08 bits per heavy atom. The molecule has 1 rings (SSSR count). The predicted molar refractivity (Wildman–Crippen MR) is 114 cm³/mol. The van der Waals surface area contributed by atoms with Gasteiger partial charge >= 0.3 is 0 Å². The minimum Gasteiger partial charge on any atom is -0.357 e. The molecule has 7 heteroatoms. The average Bonchev–Trinajstić information content (AvgIpc) is 2.57. The molecule has 0 fully saturated rings. The highest BCUT2D eigenvalue weighted by atomic mass is 127. The van der Waals surface area contributed by atoms with E-state index in [0.717, 1.165) is 37.8 Å². The molecular weight excluding hydrogens is 435 g/mol. The molecule has 0 bridgehead atoms. The molecule has 0 heterocycles. The van der Waals surface area contributed by atoms with Crippen molar-refractivity contribution >= 4 is 47.6 Å². The first-order chi connectivity index (χ1) is 11.3. The first-order valence-corrected chi connectivity index (χ1v) is 9.21. The maximum absolute atomic E-state index is 11.5. The molecule has 3 N–H and O–H groups in total. The van der Waals surface area contributed by atoms with Crippen LogP contribution in [0.15, 0.2) is 40.2 Å². The van der Waals surface area contributed by atoms with Crippen molar-refractivity contribution in [1.82, 2.24) is 16.0 Å². The third kappa shape index (κ3) is 11.6. The number of nitrogens with zero attached hydrogens (tertiary/aromatic N) is 1. The van der Waals surface area contributed by atoms with Gasteiger partial charge in [-0.2, -0.15) is 0 Å². The van der Waals surface area contributed by atoms with E-state index in [1.54, 1.807) is 0 Å². The summed E-state index contributed by atoms with van der Waals surface area (Å²) in [6.45, 7) is 6.93. The zero-order valence-electron chi connectivity index (χ0n) is 14.5. The summed E-state index contributed by atoms with van der Waals surface area (Å²) in [5, 5.41) is 9.35. The molecule has 0 spiro atoms. The molecule has 0 saturated carbocycles. The van der Waals surface area contributed by atoms with Crippen molar-refractivity contribution in [2.75, 3.05) is 31.9 Å². The number of benzene rings is 1. The number of nitrogens with one attached hydrogen (secondary N) is 3. The standard InChI is InChI=1S/C17H28N4OS.HI/c1-3-11-19-16(22)10-12-20-17(18-4-2)21-13-14-23-15-8-6-5-7-9-15;/h5-9H,3-4,10-14H2,1-2H3,(H,19,22)(H2,18,20,21);1H. The Kier molecular flexibility index (Phi) is 14.9. The molecule has 0 aliphatic carbocycles. The highest BCUT2D eigenvalue weighted by Gasteiger charge is 2.01. The predicted octanol–water partition coefficient (Wildman–Crippen LogP) is 2.87. The van der Waals surface area contributed by atoms with E-state index in [0.29, 0.717) is 13.0 Å². The van der Waals surface area contributed by atoms with E-state index < -0.39 is 0 Å². The summed E-state index contributed by atoms with van der Waals surface area (Å²) in [5.74, 6) is 1.79. The van der Waals surface area contributed by atoms with Crippen LogP contribution in [0.4, 0.5) is 0 Å². The Labute approximate surface area is 166 Å². The van der Waals surface area contributed by atoms with Gasteiger partial charge in [-0.25, -0.2) is 0 Å². The molecule has 0 aromatic heterocycles. The van der Waals surface area contributed by atoms with Crippen LogP contribution < -0.4 is 16.0 Å². The van der Waals surface area contributed by atoms with Crippen molar-refractivity contribution in [2.45, 2.75) is 31.6 Å². The Balaban J connectivity index is 0.00000529. The van der Waals surface area contributed by atoms with E-state index in [4.69, 9.17) is 0 Å². The number of guanidine groups is 1. The first kappa shape index (κ1) is 23.0. The number of amides is 1. The van der Waals surface area contributed by atoms with E-state index in [1.165, 1.54) is 4.90 Å². The molecule has 0 aliphatic heterocycles. The Morgan fingerprint density at radius 3 is 2.50 bits per heavy atom. The van der Waals surface area contributed by atoms with Crippen LogP contribution in [0.3, 0.4) is 0 Å². The number of aliphatic imine (C=N–C) groups is 1. The minimum atomic E-state index is 0. The van der Waals surface area contributed by atoms with Gasteiger partial charge in [0, 0.05) is 36.7 Å². The Hall–Kier alpha value is -0.960. The van der Waals surface area contributed by atoms with Crippen molar-refractivity contribution < 1.29 is 4.79 Å². The SMILES string of the molecule is CCCNC(=O)CCN=C(NCC)NCCSc1ccccc1.I. The van der Waals surface area contributed by atoms with Crippen LogP contribution in [-0.2, 0) is 4.79 Å². The second kappa shape index (κ2) is 15.6. The van der Waals surface area contributed by atoms with E-state index in [9.17, 15) is 4.79 Å². The van der Waals surface area contributed by atoms with Gasteiger partial charge in [0.2, 0.25) is 5.91 Å². The second-order valence-electron chi connectivity index (χ2n) is 4.95. The maximum Gasteiger partial charge on any atom is 0.221 e. The van der Waals surface area contributed by atoms with Crippen LogP contribution in [0.2, 0.25) is 0 Å². The topological polar surface area (TPSA) is 65.5 Å². The molecule has 136 valence electrons. The van der Waals surface area contributed by atoms with Crippen LogP contribution >= 0.6 is 35.7 Å². The summed E-state index contributed by atoms with van der Waals surface area (Å²) >= 11 is 1.81. The van der Waals surface area contributed by atoms with Crippen molar-refractivity contribution in [1.29, 1.82) is 0 Å². The van der Waals surface area contributed by atoms with Crippen LogP contribution in [-0.4, -0.2) is 43.8 Å². The first-order valence-electron chi connectivity index (χ1n) is 8.23. The van der Waals surface area contributed by atoms with Gasteiger partial charge in [0.15, 0.2) is 5.96 Å². The second-order valence-corrected chi connectivity index (χ2v) is 6.12. The molecule has 0 saturated heterocycles. The summed E-state index contributed by atoms with van der Waals surface area (Å²) in [6, 6.07) is 10.3. The van der Waals surface area contributed by atoms with Gasteiger partial charge in [-0.3, -0.25) is 9.79 Å². The van der Waals surface area contributed by atoms with Gasteiger partial charge < -0.3 is 16.0 Å². The zero-order valence-corrected chi connectivity index (χ0v) is 17.7. The summed E-state index contributed by atoms with van der Waals surface area (Å²) in [6.07, 6.45) is 1.38. The van der Waals surface area contributed by atoms with Crippen molar-refractivity contribution in [3.05, 3.63) is 30.3 Å². The van der Waals surface area contributed by atoms with Gasteiger partial charge in [0.1, 0.15) is 0 Å². The number of thioether (sulfide) groups is 1. The maximum atomic E-state index is 11.5. The van der Waals surface area contributed by atoms with Gasteiger partial charge in [-0.15, -0.1) is 35.7 Å². The molecule has 1 aromatic rings. The lowest BCUT2D eigenvalue weighted by molar-refractivity contribution is -0.120. The molecule has 5 nitrogen and oxygen atoms in total. The fraction of sp³-hybridized carbons (Fsp3) is 0.529. The van der Waals surface area contributed by atoms with E-state index >= 15 is 0 Å². The third-order valence-corrected chi connectivity index (χ3v) is 3.95. The lowest BCUT2D eigenvalue weighted by atomic mass is 10.4. The lowest BCUT2D eigenvalue weighted by Crippen LogP contribution is -2.38. The van der Waals surface area contributed by atoms with Crippen LogP contribution in [0.1, 0.15) is 26.7 Å². The van der Waals surface area contributed by atoms with Gasteiger partial charge in [-0.05, 0) is 25.5 Å². The largest absolute Gasteiger partial charge is 0.357 e. The lowest BCUT2D eigenvalue weighted by Gasteiger charge is -2.11. The van der Waals surface area contributed by atoms with Crippen LogP contribution in [0.25, 0.3) is 0 Å². The highest BCUT2D eigenvalue weighted by molar-refractivity contribution is 14.0. The zero-order chi connectivity index (χ0) is 16.8. The number of hydrogen-bond donors (Lipinski definition) is 3. The fourth-order valence-corrected chi connectivity index (χ4v) is 2.61. The van der Waals surface area contributed by atoms with E-state index in [2.05, 4.69) is 33.1 Å². The molecule has 0 atom stereocenters. The number of carbonyl (C=O) groups excluding carboxylic acids is 1. The Morgan fingerprint density at radius 2 is 1.83 bits per heavy atom. The minimum absolute atomic E-state index is 0. The monoisotopic (exact) mass is 464 g/mol. The average molecular weight is 464 g/mol. The number of hydrogen-bond acceptors (Lipinski definition) is 3. The van der Waals surface area contributed by atoms with Gasteiger partial charge in [-0.1, -0.05) is 25.1 Å². The van der Waals surface area contributed by atoms with Crippen molar-refractivity contribution in [3.63, 3.8) is 0 Å². The molecular formula is C17H29IN4OS. The third-order valence-electron chi connectivity index (χ3n) is 2.93. The number of carbonyl (C=O) groups is 1. The summed E-state index contributed by atoms with van der Waals surface area (Å²) in [7, 11) is 0. The Bertz CT molecular complexity index is 471. The van der Waals surface area contributed by atoms with Crippen molar-refractivity contribution in [2.24, 2.45) is 4.99 Å². The highest BCUT2D eigenvalue weighted by Crippen LogP contribution is 2.15. The molecule has 0 aliphatic rings. The quantitative estimate of drug-likeness (QED) is 0.164. The van der Waals surface area contributed by atoms with Crippen molar-refractivity contribution in [3.8, 4) is 0 Å². The van der Waals surface area contributed by atoms with E-state index in [1.807, 2.05) is 43.8 Å². The number of halogens is 1. The van der Waals surface area contributed by atoms with E-state index in [-0.39, 0.29) is 29.9 Å². The molecule has 1 amide bonds. The molecule has 24 heavy (non-hydrogen) atoms. The van der Waals surface area contributed by atoms with Crippen LogP contribution in [0, 0.1) is 0 Å². The van der Waals surface area contributed by atoms with Crippen LogP contribution in [0.5, 0.6) is 0 Å². The van der Waals surface area contributed by atoms with Gasteiger partial charge in [0.05, 0.1) is 6.54 Å². The molecule has 0 unspecified atom stereocenters. The summed E-state index contributed by atoms with van der Waals surface area (Å²) in [4.78, 5) is 17.2. The normalized spacial score (nSPS) is 10.7. The molecule has 0 radical (unpaired) electrons.